The second-order valence-electron chi connectivity index (χ2n) is 5.01. The second kappa shape index (κ2) is 7.27. The van der Waals surface area contributed by atoms with Gasteiger partial charge in [-0.25, -0.2) is 4.68 Å². The number of furan rings is 1. The molecule has 1 N–H and O–H groups in total. The van der Waals surface area contributed by atoms with Crippen molar-refractivity contribution in [2.75, 3.05) is 6.54 Å². The molecule has 0 radical (unpaired) electrons. The Bertz CT molecular complexity index is 903. The summed E-state index contributed by atoms with van der Waals surface area (Å²) in [7, 11) is 0. The number of nitrogens with one attached hydrogen (secondary N) is 1. The number of hydrogen-bond acceptors (Lipinski definition) is 4. The van der Waals surface area contributed by atoms with Crippen molar-refractivity contribution < 1.29 is 9.21 Å². The molecule has 3 aromatic rings. The fourth-order valence-corrected chi connectivity index (χ4v) is 2.48. The van der Waals surface area contributed by atoms with E-state index < -0.39 is 0 Å². The van der Waals surface area contributed by atoms with Crippen LogP contribution in [0.5, 0.6) is 0 Å². The Balaban J connectivity index is 1.67. The van der Waals surface area contributed by atoms with Gasteiger partial charge in [0.2, 0.25) is 0 Å². The Labute approximate surface area is 146 Å². The van der Waals surface area contributed by atoms with Crippen LogP contribution < -0.4 is 10.9 Å². The molecule has 0 aliphatic carbocycles. The number of carbonyl (C=O) groups is 1. The van der Waals surface area contributed by atoms with Crippen LogP contribution in [-0.2, 0) is 6.54 Å². The number of aromatic nitrogens is 2. The van der Waals surface area contributed by atoms with Crippen molar-refractivity contribution >= 4 is 21.8 Å². The Morgan fingerprint density at radius 1 is 1.12 bits per heavy atom. The molecule has 0 saturated carbocycles. The average Bonchev–Trinajstić information content (AvgIpc) is 3.04. The highest BCUT2D eigenvalue weighted by Gasteiger charge is 2.10. The van der Waals surface area contributed by atoms with E-state index in [-0.39, 0.29) is 30.3 Å². The molecule has 0 bridgehead atoms. The lowest BCUT2D eigenvalue weighted by atomic mass is 10.1. The maximum atomic E-state index is 11.9. The molecule has 2 aromatic heterocycles. The first kappa shape index (κ1) is 16.2. The van der Waals surface area contributed by atoms with Crippen molar-refractivity contribution in [1.82, 2.24) is 15.1 Å². The average molecular weight is 388 g/mol. The maximum Gasteiger partial charge on any atom is 0.287 e. The number of hydrogen-bond donors (Lipinski definition) is 1. The molecule has 0 spiro atoms. The van der Waals surface area contributed by atoms with E-state index in [2.05, 4.69) is 26.3 Å². The summed E-state index contributed by atoms with van der Waals surface area (Å²) in [5, 5.41) is 7.03. The van der Waals surface area contributed by atoms with Crippen LogP contribution >= 0.6 is 15.9 Å². The molecule has 0 fully saturated rings. The largest absolute Gasteiger partial charge is 0.444 e. The summed E-state index contributed by atoms with van der Waals surface area (Å²) in [5.74, 6) is -0.131. The number of rotatable bonds is 5. The Morgan fingerprint density at radius 3 is 2.62 bits per heavy atom. The molecule has 1 aromatic carbocycles. The van der Waals surface area contributed by atoms with Gasteiger partial charge in [-0.15, -0.1) is 0 Å². The molecule has 3 rings (SSSR count). The summed E-state index contributed by atoms with van der Waals surface area (Å²) in [4.78, 5) is 23.8. The molecule has 0 atom stereocenters. The van der Waals surface area contributed by atoms with Gasteiger partial charge in [-0.2, -0.15) is 5.10 Å². The summed E-state index contributed by atoms with van der Waals surface area (Å²) in [6.45, 7) is 0.537. The van der Waals surface area contributed by atoms with Crippen molar-refractivity contribution in [3.05, 3.63) is 75.4 Å². The van der Waals surface area contributed by atoms with Crippen LogP contribution in [-0.4, -0.2) is 22.2 Å². The summed E-state index contributed by atoms with van der Waals surface area (Å²) in [6, 6.07) is 16.0. The zero-order chi connectivity index (χ0) is 16.9. The number of halogens is 1. The first-order valence-corrected chi connectivity index (χ1v) is 8.10. The third kappa shape index (κ3) is 3.80. The number of nitrogens with zero attached hydrogens (tertiary/aromatic N) is 2. The van der Waals surface area contributed by atoms with E-state index in [0.717, 1.165) is 5.56 Å². The van der Waals surface area contributed by atoms with Gasteiger partial charge in [-0.05, 0) is 34.1 Å². The second-order valence-corrected chi connectivity index (χ2v) is 5.79. The van der Waals surface area contributed by atoms with Gasteiger partial charge in [0.15, 0.2) is 10.4 Å². The van der Waals surface area contributed by atoms with Gasteiger partial charge >= 0.3 is 0 Å². The van der Waals surface area contributed by atoms with E-state index in [1.807, 2.05) is 30.3 Å². The lowest BCUT2D eigenvalue weighted by Crippen LogP contribution is -2.31. The van der Waals surface area contributed by atoms with E-state index in [1.54, 1.807) is 18.2 Å². The van der Waals surface area contributed by atoms with Crippen molar-refractivity contribution in [3.63, 3.8) is 0 Å². The van der Waals surface area contributed by atoms with Crippen molar-refractivity contribution in [3.8, 4) is 11.3 Å². The smallest absolute Gasteiger partial charge is 0.287 e. The molecule has 24 heavy (non-hydrogen) atoms. The van der Waals surface area contributed by atoms with Crippen LogP contribution in [0.2, 0.25) is 0 Å². The minimum absolute atomic E-state index is 0.209. The number of benzene rings is 1. The Morgan fingerprint density at radius 2 is 1.92 bits per heavy atom. The van der Waals surface area contributed by atoms with Gasteiger partial charge in [-0.1, -0.05) is 30.3 Å². The van der Waals surface area contributed by atoms with Gasteiger partial charge in [0.05, 0.1) is 12.2 Å². The first-order chi connectivity index (χ1) is 11.6. The molecule has 0 aliphatic rings. The third-order valence-electron chi connectivity index (χ3n) is 3.34. The van der Waals surface area contributed by atoms with E-state index in [1.165, 1.54) is 10.7 Å². The predicted molar refractivity (Wildman–Crippen MR) is 92.7 cm³/mol. The van der Waals surface area contributed by atoms with E-state index in [4.69, 9.17) is 4.42 Å². The molecule has 1 amide bonds. The monoisotopic (exact) mass is 387 g/mol. The van der Waals surface area contributed by atoms with Crippen LogP contribution in [0.15, 0.2) is 68.5 Å². The molecule has 122 valence electrons. The van der Waals surface area contributed by atoms with E-state index >= 15 is 0 Å². The minimum atomic E-state index is -0.340. The molecular weight excluding hydrogens is 374 g/mol. The molecule has 7 heteroatoms. The summed E-state index contributed by atoms with van der Waals surface area (Å²) < 4.78 is 6.99. The van der Waals surface area contributed by atoms with E-state index in [9.17, 15) is 9.59 Å². The van der Waals surface area contributed by atoms with Crippen LogP contribution in [0, 0.1) is 0 Å². The summed E-state index contributed by atoms with van der Waals surface area (Å²) in [6.07, 6.45) is 0. The zero-order valence-corrected chi connectivity index (χ0v) is 14.2. The van der Waals surface area contributed by atoms with Gasteiger partial charge in [-0.3, -0.25) is 9.59 Å². The molecular formula is C17H14BrN3O3. The normalized spacial score (nSPS) is 10.5. The zero-order valence-electron chi connectivity index (χ0n) is 12.6. The Kier molecular flexibility index (Phi) is 4.90. The van der Waals surface area contributed by atoms with Crippen molar-refractivity contribution in [2.24, 2.45) is 0 Å². The quantitative estimate of drug-likeness (QED) is 0.729. The van der Waals surface area contributed by atoms with Crippen LogP contribution in [0.25, 0.3) is 11.3 Å². The van der Waals surface area contributed by atoms with Gasteiger partial charge < -0.3 is 9.73 Å². The highest BCUT2D eigenvalue weighted by Crippen LogP contribution is 2.14. The van der Waals surface area contributed by atoms with Crippen LogP contribution in [0.3, 0.4) is 0 Å². The first-order valence-electron chi connectivity index (χ1n) is 7.30. The standard InChI is InChI=1S/C17H14BrN3O3/c18-15-8-7-14(24-15)17(23)19-10-11-21-16(22)9-6-13(20-21)12-4-2-1-3-5-12/h1-9H,10-11H2,(H,19,23). The van der Waals surface area contributed by atoms with Gasteiger partial charge in [0, 0.05) is 18.2 Å². The summed E-state index contributed by atoms with van der Waals surface area (Å²) >= 11 is 3.14. The lowest BCUT2D eigenvalue weighted by molar-refractivity contribution is 0.0923. The summed E-state index contributed by atoms with van der Waals surface area (Å²) in [5.41, 5.74) is 1.41. The molecule has 2 heterocycles. The molecule has 0 saturated heterocycles. The van der Waals surface area contributed by atoms with Crippen molar-refractivity contribution in [1.29, 1.82) is 0 Å². The van der Waals surface area contributed by atoms with Crippen LogP contribution in [0.1, 0.15) is 10.6 Å². The molecule has 0 unspecified atom stereocenters. The SMILES string of the molecule is O=C(NCCn1nc(-c2ccccc2)ccc1=O)c1ccc(Br)o1. The van der Waals surface area contributed by atoms with Gasteiger partial charge in [0.1, 0.15) is 0 Å². The maximum absolute atomic E-state index is 11.9. The third-order valence-corrected chi connectivity index (χ3v) is 3.77. The highest BCUT2D eigenvalue weighted by atomic mass is 79.9. The predicted octanol–water partition coefficient (Wildman–Crippen LogP) is 2.70. The fourth-order valence-electron chi connectivity index (χ4n) is 2.17. The van der Waals surface area contributed by atoms with Crippen molar-refractivity contribution in [2.45, 2.75) is 6.54 Å². The number of amides is 1. The number of carbonyl (C=O) groups excluding carboxylic acids is 1. The minimum Gasteiger partial charge on any atom is -0.444 e. The topological polar surface area (TPSA) is 77.1 Å². The Hall–Kier alpha value is -2.67. The van der Waals surface area contributed by atoms with E-state index in [0.29, 0.717) is 10.4 Å². The van der Waals surface area contributed by atoms with Gasteiger partial charge in [0.25, 0.3) is 11.5 Å². The molecule has 0 aliphatic heterocycles. The van der Waals surface area contributed by atoms with Crippen LogP contribution in [0.4, 0.5) is 0 Å². The lowest BCUT2D eigenvalue weighted by Gasteiger charge is -2.08. The fraction of sp³-hybridized carbons (Fsp3) is 0.118. The highest BCUT2D eigenvalue weighted by molar-refractivity contribution is 9.10. The molecule has 6 nitrogen and oxygen atoms in total.